The molecule has 11 heteroatoms. The predicted molar refractivity (Wildman–Crippen MR) is 160 cm³/mol. The normalized spacial score (nSPS) is 17.3. The zero-order chi connectivity index (χ0) is 27.9. The highest BCUT2D eigenvalue weighted by Gasteiger charge is 2.42. The Hall–Kier alpha value is -3.60. The van der Waals surface area contributed by atoms with Crippen LogP contribution >= 0.6 is 23.8 Å². The molecular formula is C28H28ClN5O3S2. The quantitative estimate of drug-likeness (QED) is 0.271. The van der Waals surface area contributed by atoms with E-state index in [1.54, 1.807) is 18.3 Å². The van der Waals surface area contributed by atoms with Gasteiger partial charge >= 0.3 is 0 Å². The first-order valence-corrected chi connectivity index (χ1v) is 14.9. The Morgan fingerprint density at radius 3 is 2.49 bits per heavy atom. The lowest BCUT2D eigenvalue weighted by atomic mass is 9.96. The molecule has 5 rings (SSSR count). The van der Waals surface area contributed by atoms with Gasteiger partial charge in [0.15, 0.2) is 5.11 Å². The second-order valence-electron chi connectivity index (χ2n) is 9.37. The molecule has 0 bridgehead atoms. The number of hydrogen-bond donors (Lipinski definition) is 2. The molecule has 39 heavy (non-hydrogen) atoms. The van der Waals surface area contributed by atoms with Crippen molar-refractivity contribution in [2.75, 3.05) is 23.0 Å². The van der Waals surface area contributed by atoms with Crippen LogP contribution in [0.2, 0.25) is 5.02 Å². The van der Waals surface area contributed by atoms with Crippen molar-refractivity contribution in [3.05, 3.63) is 101 Å². The maximum atomic E-state index is 11.9. The first kappa shape index (κ1) is 27.0. The minimum atomic E-state index is -3.49. The number of aryl methyl sites for hydroxylation is 1. The van der Waals surface area contributed by atoms with Gasteiger partial charge in [-0.05, 0) is 74.1 Å². The lowest BCUT2D eigenvalue weighted by molar-refractivity contribution is 0.417. The van der Waals surface area contributed by atoms with Crippen molar-refractivity contribution in [3.8, 4) is 11.4 Å². The predicted octanol–water partition coefficient (Wildman–Crippen LogP) is 5.70. The van der Waals surface area contributed by atoms with Gasteiger partial charge in [-0.15, -0.1) is 0 Å². The van der Waals surface area contributed by atoms with Gasteiger partial charge in [0.2, 0.25) is 10.0 Å². The van der Waals surface area contributed by atoms with Crippen molar-refractivity contribution in [2.24, 2.45) is 0 Å². The van der Waals surface area contributed by atoms with E-state index < -0.39 is 10.0 Å². The summed E-state index contributed by atoms with van der Waals surface area (Å²) in [4.78, 5) is 6.67. The molecule has 1 fully saturated rings. The summed E-state index contributed by atoms with van der Waals surface area (Å²) >= 11 is 12.5. The maximum Gasteiger partial charge on any atom is 0.229 e. The first-order valence-electron chi connectivity index (χ1n) is 12.2. The van der Waals surface area contributed by atoms with E-state index in [9.17, 15) is 8.42 Å². The summed E-state index contributed by atoms with van der Waals surface area (Å²) in [5, 5.41) is 4.64. The van der Waals surface area contributed by atoms with E-state index in [1.807, 2.05) is 53.4 Å². The fourth-order valence-corrected chi connectivity index (χ4v) is 6.29. The fraction of sp³-hybridized carbons (Fsp3) is 0.214. The van der Waals surface area contributed by atoms with Crippen LogP contribution in [0.1, 0.15) is 34.7 Å². The van der Waals surface area contributed by atoms with Gasteiger partial charge in [0.1, 0.15) is 5.75 Å². The second kappa shape index (κ2) is 10.5. The van der Waals surface area contributed by atoms with Gasteiger partial charge in [0.25, 0.3) is 0 Å². The topological polar surface area (TPSA) is 88.5 Å². The number of anilines is 2. The highest BCUT2D eigenvalue weighted by molar-refractivity contribution is 7.92. The molecule has 0 aliphatic carbocycles. The zero-order valence-electron chi connectivity index (χ0n) is 21.8. The third-order valence-electron chi connectivity index (χ3n) is 6.74. The molecule has 1 aliphatic heterocycles. The highest BCUT2D eigenvalue weighted by Crippen LogP contribution is 2.45. The van der Waals surface area contributed by atoms with Crippen LogP contribution in [0.4, 0.5) is 11.4 Å². The second-order valence-corrected chi connectivity index (χ2v) is 11.9. The van der Waals surface area contributed by atoms with Crippen LogP contribution in [0, 0.1) is 13.8 Å². The molecule has 8 nitrogen and oxygen atoms in total. The Bertz CT molecular complexity index is 1660. The average Bonchev–Trinajstić information content (AvgIpc) is 3.39. The van der Waals surface area contributed by atoms with Crippen molar-refractivity contribution in [3.63, 3.8) is 0 Å². The molecule has 0 spiro atoms. The molecule has 4 aromatic rings. The van der Waals surface area contributed by atoms with Crippen molar-refractivity contribution in [1.82, 2.24) is 14.9 Å². The van der Waals surface area contributed by atoms with E-state index in [1.165, 1.54) is 7.11 Å². The Labute approximate surface area is 238 Å². The van der Waals surface area contributed by atoms with Gasteiger partial charge < -0.3 is 19.5 Å². The van der Waals surface area contributed by atoms with Crippen molar-refractivity contribution < 1.29 is 13.2 Å². The molecular weight excluding hydrogens is 554 g/mol. The summed E-state index contributed by atoms with van der Waals surface area (Å²) < 4.78 is 34.0. The van der Waals surface area contributed by atoms with Crippen LogP contribution in [-0.2, 0) is 10.0 Å². The highest BCUT2D eigenvalue weighted by atomic mass is 35.5. The van der Waals surface area contributed by atoms with Crippen molar-refractivity contribution >= 4 is 50.3 Å². The molecule has 2 N–H and O–H groups in total. The van der Waals surface area contributed by atoms with Crippen molar-refractivity contribution in [1.29, 1.82) is 0 Å². The average molecular weight is 582 g/mol. The number of nitrogens with zero attached hydrogens (tertiary/aromatic N) is 3. The molecule has 0 unspecified atom stereocenters. The fourth-order valence-electron chi connectivity index (χ4n) is 5.15. The lowest BCUT2D eigenvalue weighted by Gasteiger charge is -2.29. The largest absolute Gasteiger partial charge is 0.494 e. The minimum Gasteiger partial charge on any atom is -0.494 e. The van der Waals surface area contributed by atoms with Gasteiger partial charge in [-0.3, -0.25) is 9.71 Å². The number of aromatic nitrogens is 2. The maximum absolute atomic E-state index is 11.9. The molecule has 3 heterocycles. The van der Waals surface area contributed by atoms with E-state index >= 15 is 0 Å². The Morgan fingerprint density at radius 1 is 1.08 bits per heavy atom. The van der Waals surface area contributed by atoms with E-state index in [2.05, 4.69) is 39.5 Å². The van der Waals surface area contributed by atoms with Crippen LogP contribution < -0.4 is 19.7 Å². The smallest absolute Gasteiger partial charge is 0.229 e. The van der Waals surface area contributed by atoms with Gasteiger partial charge in [0.05, 0.1) is 47.5 Å². The molecule has 0 amide bonds. The minimum absolute atomic E-state index is 0.251. The van der Waals surface area contributed by atoms with E-state index in [0.717, 1.165) is 40.3 Å². The summed E-state index contributed by atoms with van der Waals surface area (Å²) in [5.74, 6) is 0.377. The monoisotopic (exact) mass is 581 g/mol. The van der Waals surface area contributed by atoms with E-state index in [0.29, 0.717) is 21.6 Å². The van der Waals surface area contributed by atoms with Gasteiger partial charge in [-0.1, -0.05) is 29.8 Å². The van der Waals surface area contributed by atoms with E-state index in [-0.39, 0.29) is 12.1 Å². The molecule has 2 aromatic heterocycles. The van der Waals surface area contributed by atoms with Gasteiger partial charge in [0, 0.05) is 29.3 Å². The number of sulfonamides is 1. The number of methoxy groups -OCH3 is 1. The number of ether oxygens (including phenoxy) is 1. The van der Waals surface area contributed by atoms with Crippen LogP contribution in [-0.4, -0.2) is 36.4 Å². The Morgan fingerprint density at radius 2 is 1.82 bits per heavy atom. The number of hydrogen-bond acceptors (Lipinski definition) is 5. The summed E-state index contributed by atoms with van der Waals surface area (Å²) in [6.45, 7) is 4.12. The third-order valence-corrected chi connectivity index (χ3v) is 7.96. The summed E-state index contributed by atoms with van der Waals surface area (Å²) in [6, 6.07) is 20.5. The summed E-state index contributed by atoms with van der Waals surface area (Å²) in [6.07, 6.45) is 2.86. The Balaban J connectivity index is 1.67. The van der Waals surface area contributed by atoms with Crippen LogP contribution in [0.5, 0.6) is 5.75 Å². The number of thiocarbonyl (C=S) groups is 1. The SMILES string of the molecule is COc1cc(N2C(=S)N[C@@H](c3ccccn3)[C@H]2c2cc(C)n(-c3ccccc3Cl)c2C)ccc1NS(C)(=O)=O. The standard InChI is InChI=1S/C28H28ClN5O3S2/c1-17-15-20(18(2)33(17)24-11-6-5-9-21(24)29)27-26(23-10-7-8-14-30-23)31-28(38)34(27)19-12-13-22(25(16-19)37-3)32-39(4,35)36/h5-16,26-27,32H,1-4H3,(H,31,38)/t26-,27+/m0/s1. The molecule has 2 atom stereocenters. The van der Waals surface area contributed by atoms with Gasteiger partial charge in [-0.25, -0.2) is 8.42 Å². The number of pyridine rings is 1. The number of benzene rings is 2. The zero-order valence-corrected chi connectivity index (χ0v) is 24.2. The van der Waals surface area contributed by atoms with E-state index in [4.69, 9.17) is 28.6 Å². The number of rotatable bonds is 7. The summed E-state index contributed by atoms with van der Waals surface area (Å²) in [5.41, 5.74) is 5.92. The van der Waals surface area contributed by atoms with Gasteiger partial charge in [-0.2, -0.15) is 0 Å². The van der Waals surface area contributed by atoms with Crippen LogP contribution in [0.15, 0.2) is 72.9 Å². The molecule has 0 radical (unpaired) electrons. The molecule has 1 aliphatic rings. The van der Waals surface area contributed by atoms with Crippen molar-refractivity contribution in [2.45, 2.75) is 25.9 Å². The van der Waals surface area contributed by atoms with Crippen LogP contribution in [0.25, 0.3) is 5.69 Å². The third kappa shape index (κ3) is 5.19. The molecule has 2 aromatic carbocycles. The first-order chi connectivity index (χ1) is 18.6. The number of nitrogens with one attached hydrogen (secondary N) is 2. The number of halogens is 1. The molecule has 0 saturated carbocycles. The van der Waals surface area contributed by atoms with Crippen LogP contribution in [0.3, 0.4) is 0 Å². The molecule has 1 saturated heterocycles. The Kier molecular flexibility index (Phi) is 7.28. The summed E-state index contributed by atoms with van der Waals surface area (Å²) in [7, 11) is -1.99. The molecule has 202 valence electrons. The lowest BCUT2D eigenvalue weighted by Crippen LogP contribution is -2.29. The number of para-hydroxylation sites is 1.